The molecule has 0 bridgehead atoms. The summed E-state index contributed by atoms with van der Waals surface area (Å²) in [4.78, 5) is 39.0. The Hall–Kier alpha value is -2.57. The Labute approximate surface area is 159 Å². The summed E-state index contributed by atoms with van der Waals surface area (Å²) in [6, 6.07) is 7.27. The van der Waals surface area contributed by atoms with E-state index in [9.17, 15) is 14.4 Å². The van der Waals surface area contributed by atoms with Gasteiger partial charge in [0.25, 0.3) is 5.91 Å². The number of ether oxygens (including phenoxy) is 2. The molecular formula is C20H26N2O5. The van der Waals surface area contributed by atoms with Crippen molar-refractivity contribution in [3.8, 4) is 5.75 Å². The summed E-state index contributed by atoms with van der Waals surface area (Å²) in [5, 5.41) is 2.88. The predicted molar refractivity (Wildman–Crippen MR) is 99.5 cm³/mol. The molecule has 1 aromatic rings. The van der Waals surface area contributed by atoms with Crippen molar-refractivity contribution < 1.29 is 23.9 Å². The average molecular weight is 374 g/mol. The molecule has 0 radical (unpaired) electrons. The molecule has 1 atom stereocenters. The standard InChI is InChI=1S/C20H26N2O5/c1-3-26-19(25)20(11-6-7-12-20)21-17(23)10-13-22-15-8-4-5-9-16(15)27-14(2)18(22)24/h4-5,8-9,14H,3,6-7,10-13H2,1-2H3,(H,21,23). The lowest BCUT2D eigenvalue weighted by Crippen LogP contribution is -2.54. The number of fused-ring (bicyclic) bond motifs is 1. The number of nitrogens with zero attached hydrogens (tertiary/aromatic N) is 1. The summed E-state index contributed by atoms with van der Waals surface area (Å²) in [5.74, 6) is -0.169. The van der Waals surface area contributed by atoms with Crippen LogP contribution in [-0.4, -0.2) is 42.6 Å². The molecule has 1 aliphatic heterocycles. The Morgan fingerprint density at radius 3 is 2.70 bits per heavy atom. The van der Waals surface area contributed by atoms with Gasteiger partial charge in [-0.3, -0.25) is 9.59 Å². The fourth-order valence-corrected chi connectivity index (χ4v) is 3.76. The van der Waals surface area contributed by atoms with Crippen LogP contribution in [0.5, 0.6) is 5.75 Å². The fourth-order valence-electron chi connectivity index (χ4n) is 3.76. The molecule has 146 valence electrons. The molecule has 2 aliphatic rings. The summed E-state index contributed by atoms with van der Waals surface area (Å²) in [6.07, 6.45) is 2.46. The van der Waals surface area contributed by atoms with E-state index in [1.165, 1.54) is 0 Å². The first-order valence-corrected chi connectivity index (χ1v) is 9.52. The Kier molecular flexibility index (Phi) is 5.68. The van der Waals surface area contributed by atoms with Gasteiger partial charge in [-0.05, 0) is 38.8 Å². The number of nitrogens with one attached hydrogen (secondary N) is 1. The second-order valence-corrected chi connectivity index (χ2v) is 7.03. The zero-order valence-corrected chi connectivity index (χ0v) is 15.8. The SMILES string of the molecule is CCOC(=O)C1(NC(=O)CCN2C(=O)C(C)Oc3ccccc32)CCCC1. The second-order valence-electron chi connectivity index (χ2n) is 7.03. The molecule has 1 aromatic carbocycles. The van der Waals surface area contributed by atoms with Crippen LogP contribution in [0, 0.1) is 0 Å². The molecule has 7 nitrogen and oxygen atoms in total. The highest BCUT2D eigenvalue weighted by atomic mass is 16.5. The van der Waals surface area contributed by atoms with Gasteiger partial charge >= 0.3 is 5.97 Å². The first kappa shape index (κ1) is 19.2. The van der Waals surface area contributed by atoms with Gasteiger partial charge < -0.3 is 19.7 Å². The summed E-state index contributed by atoms with van der Waals surface area (Å²) in [5.41, 5.74) is -0.262. The van der Waals surface area contributed by atoms with Crippen molar-refractivity contribution in [3.63, 3.8) is 0 Å². The van der Waals surface area contributed by atoms with Gasteiger partial charge in [0, 0.05) is 13.0 Å². The molecular weight excluding hydrogens is 348 g/mol. The summed E-state index contributed by atoms with van der Waals surface area (Å²) in [7, 11) is 0. The number of amides is 2. The maximum atomic E-state index is 12.6. The molecule has 3 rings (SSSR count). The van der Waals surface area contributed by atoms with Crippen molar-refractivity contribution in [2.45, 2.75) is 57.6 Å². The van der Waals surface area contributed by atoms with Gasteiger partial charge in [0.05, 0.1) is 12.3 Å². The number of hydrogen-bond donors (Lipinski definition) is 1. The third-order valence-corrected chi connectivity index (χ3v) is 5.14. The van der Waals surface area contributed by atoms with Gasteiger partial charge in [-0.1, -0.05) is 25.0 Å². The molecule has 1 saturated carbocycles. The van der Waals surface area contributed by atoms with Crippen LogP contribution < -0.4 is 15.0 Å². The third kappa shape index (κ3) is 3.91. The Morgan fingerprint density at radius 1 is 1.30 bits per heavy atom. The average Bonchev–Trinajstić information content (AvgIpc) is 3.12. The lowest BCUT2D eigenvalue weighted by molar-refractivity contribution is -0.153. The quantitative estimate of drug-likeness (QED) is 0.772. The maximum absolute atomic E-state index is 12.6. The summed E-state index contributed by atoms with van der Waals surface area (Å²) in [6.45, 7) is 3.96. The Bertz CT molecular complexity index is 727. The maximum Gasteiger partial charge on any atom is 0.331 e. The van der Waals surface area contributed by atoms with Crippen LogP contribution in [0.25, 0.3) is 0 Å². The minimum absolute atomic E-state index is 0.105. The van der Waals surface area contributed by atoms with Gasteiger partial charge in [-0.2, -0.15) is 0 Å². The molecule has 0 aromatic heterocycles. The second kappa shape index (κ2) is 7.98. The number of carbonyl (C=O) groups is 3. The molecule has 27 heavy (non-hydrogen) atoms. The van der Waals surface area contributed by atoms with Crippen molar-refractivity contribution in [1.82, 2.24) is 5.32 Å². The number of para-hydroxylation sites is 2. The number of hydrogen-bond acceptors (Lipinski definition) is 5. The van der Waals surface area contributed by atoms with Gasteiger partial charge in [0.2, 0.25) is 5.91 Å². The van der Waals surface area contributed by atoms with E-state index < -0.39 is 11.6 Å². The minimum atomic E-state index is -0.923. The van der Waals surface area contributed by atoms with Crippen molar-refractivity contribution in [2.24, 2.45) is 0 Å². The highest BCUT2D eigenvalue weighted by Crippen LogP contribution is 2.34. The fraction of sp³-hybridized carbons (Fsp3) is 0.550. The lowest BCUT2D eigenvalue weighted by Gasteiger charge is -2.33. The van der Waals surface area contributed by atoms with Crippen LogP contribution in [0.1, 0.15) is 46.0 Å². The van der Waals surface area contributed by atoms with Crippen LogP contribution in [0.4, 0.5) is 5.69 Å². The number of esters is 1. The van der Waals surface area contributed by atoms with E-state index >= 15 is 0 Å². The van der Waals surface area contributed by atoms with E-state index in [0.29, 0.717) is 24.3 Å². The Balaban J connectivity index is 1.66. The topological polar surface area (TPSA) is 84.9 Å². The molecule has 1 N–H and O–H groups in total. The molecule has 1 fully saturated rings. The highest BCUT2D eigenvalue weighted by Gasteiger charge is 2.44. The van der Waals surface area contributed by atoms with Crippen LogP contribution in [-0.2, 0) is 19.1 Å². The zero-order valence-electron chi connectivity index (χ0n) is 15.8. The summed E-state index contributed by atoms with van der Waals surface area (Å²) < 4.78 is 10.8. The van der Waals surface area contributed by atoms with E-state index in [4.69, 9.17) is 9.47 Å². The molecule has 0 saturated heterocycles. The molecule has 1 aliphatic carbocycles. The lowest BCUT2D eigenvalue weighted by atomic mass is 9.97. The van der Waals surface area contributed by atoms with Crippen molar-refractivity contribution in [1.29, 1.82) is 0 Å². The van der Waals surface area contributed by atoms with Crippen molar-refractivity contribution in [2.75, 3.05) is 18.1 Å². The molecule has 1 unspecified atom stereocenters. The normalized spacial score (nSPS) is 20.6. The molecule has 7 heteroatoms. The van der Waals surface area contributed by atoms with E-state index in [-0.39, 0.29) is 37.4 Å². The molecule has 0 spiro atoms. The number of carbonyl (C=O) groups excluding carboxylic acids is 3. The smallest absolute Gasteiger partial charge is 0.331 e. The van der Waals surface area contributed by atoms with E-state index in [1.807, 2.05) is 12.1 Å². The van der Waals surface area contributed by atoms with Gasteiger partial charge in [0.1, 0.15) is 11.3 Å². The molecule has 2 amide bonds. The Morgan fingerprint density at radius 2 is 2.00 bits per heavy atom. The van der Waals surface area contributed by atoms with Crippen LogP contribution >= 0.6 is 0 Å². The monoisotopic (exact) mass is 374 g/mol. The first-order chi connectivity index (χ1) is 13.0. The predicted octanol–water partition coefficient (Wildman–Crippen LogP) is 2.18. The van der Waals surface area contributed by atoms with Gasteiger partial charge in [0.15, 0.2) is 6.10 Å². The highest BCUT2D eigenvalue weighted by molar-refractivity contribution is 6.00. The van der Waals surface area contributed by atoms with Crippen molar-refractivity contribution in [3.05, 3.63) is 24.3 Å². The first-order valence-electron chi connectivity index (χ1n) is 9.52. The van der Waals surface area contributed by atoms with Crippen LogP contribution in [0.15, 0.2) is 24.3 Å². The zero-order chi connectivity index (χ0) is 19.4. The van der Waals surface area contributed by atoms with Crippen LogP contribution in [0.2, 0.25) is 0 Å². The number of rotatable bonds is 6. The number of benzene rings is 1. The largest absolute Gasteiger partial charge is 0.479 e. The van der Waals surface area contributed by atoms with E-state index in [2.05, 4.69) is 5.32 Å². The minimum Gasteiger partial charge on any atom is -0.479 e. The van der Waals surface area contributed by atoms with Crippen molar-refractivity contribution >= 4 is 23.5 Å². The third-order valence-electron chi connectivity index (χ3n) is 5.14. The van der Waals surface area contributed by atoms with E-state index in [0.717, 1.165) is 12.8 Å². The van der Waals surface area contributed by atoms with Gasteiger partial charge in [-0.25, -0.2) is 4.79 Å². The van der Waals surface area contributed by atoms with Gasteiger partial charge in [-0.15, -0.1) is 0 Å². The summed E-state index contributed by atoms with van der Waals surface area (Å²) >= 11 is 0. The van der Waals surface area contributed by atoms with Crippen LogP contribution in [0.3, 0.4) is 0 Å². The number of anilines is 1. The van der Waals surface area contributed by atoms with E-state index in [1.54, 1.807) is 30.9 Å². The molecule has 1 heterocycles.